The number of nitrogens with zero attached hydrogens (tertiary/aromatic N) is 1. The number of carbonyl (C=O) groups is 2. The molecule has 2 amide bonds. The van der Waals surface area contributed by atoms with Crippen LogP contribution in [0.3, 0.4) is 0 Å². The molecule has 1 fully saturated rings. The van der Waals surface area contributed by atoms with E-state index < -0.39 is 11.1 Å². The number of hydrogen-bond donors (Lipinski definition) is 0. The first-order chi connectivity index (χ1) is 13.9. The molecule has 0 aliphatic carbocycles. The van der Waals surface area contributed by atoms with Gasteiger partial charge in [0.2, 0.25) is 5.75 Å². The van der Waals surface area contributed by atoms with Crippen molar-refractivity contribution >= 4 is 52.2 Å². The maximum atomic E-state index is 12.9. The van der Waals surface area contributed by atoms with Crippen LogP contribution >= 0.6 is 35.0 Å². The lowest BCUT2D eigenvalue weighted by Crippen LogP contribution is -2.27. The molecule has 3 rings (SSSR count). The number of imide groups is 1. The lowest BCUT2D eigenvalue weighted by molar-refractivity contribution is -0.123. The molecule has 0 bridgehead atoms. The van der Waals surface area contributed by atoms with E-state index in [1.807, 2.05) is 0 Å². The molecule has 0 atom stereocenters. The molecule has 0 aromatic heterocycles. The number of carbonyl (C=O) groups excluding carboxylic acids is 2. The molecule has 29 heavy (non-hydrogen) atoms. The summed E-state index contributed by atoms with van der Waals surface area (Å²) in [4.78, 5) is 26.7. The average Bonchev–Trinajstić information content (AvgIpc) is 2.97. The van der Waals surface area contributed by atoms with Crippen LogP contribution in [0, 0.1) is 0 Å². The summed E-state index contributed by atoms with van der Waals surface area (Å²) in [5.41, 5.74) is 1.09. The quantitative estimate of drug-likeness (QED) is 0.556. The van der Waals surface area contributed by atoms with Gasteiger partial charge in [0.25, 0.3) is 11.1 Å². The number of methoxy groups -OCH3 is 3. The predicted octanol–water partition coefficient (Wildman–Crippen LogP) is 5.26. The second-order valence-corrected chi connectivity index (χ2v) is 7.70. The molecular weight excluding hydrogens is 437 g/mol. The van der Waals surface area contributed by atoms with Crippen LogP contribution < -0.4 is 14.2 Å². The van der Waals surface area contributed by atoms with Crippen LogP contribution in [0.1, 0.15) is 11.1 Å². The third-order valence-electron chi connectivity index (χ3n) is 4.27. The Kier molecular flexibility index (Phi) is 6.62. The number of ether oxygens (including phenoxy) is 3. The summed E-state index contributed by atoms with van der Waals surface area (Å²) >= 11 is 13.2. The predicted molar refractivity (Wildman–Crippen MR) is 114 cm³/mol. The summed E-state index contributed by atoms with van der Waals surface area (Å²) in [5, 5.41) is 0.376. The van der Waals surface area contributed by atoms with E-state index in [4.69, 9.17) is 37.4 Å². The first-order valence-electron chi connectivity index (χ1n) is 8.38. The Balaban J connectivity index is 1.95. The van der Waals surface area contributed by atoms with Gasteiger partial charge in [0.1, 0.15) is 0 Å². The maximum Gasteiger partial charge on any atom is 0.293 e. The fraction of sp³-hybridized carbons (Fsp3) is 0.200. The van der Waals surface area contributed by atoms with E-state index in [0.29, 0.717) is 38.4 Å². The van der Waals surface area contributed by atoms with Gasteiger partial charge in [-0.15, -0.1) is 0 Å². The highest BCUT2D eigenvalue weighted by atomic mass is 35.5. The smallest absolute Gasteiger partial charge is 0.293 e. The van der Waals surface area contributed by atoms with E-state index in [1.54, 1.807) is 36.4 Å². The van der Waals surface area contributed by atoms with Gasteiger partial charge in [-0.25, -0.2) is 0 Å². The second kappa shape index (κ2) is 8.98. The minimum absolute atomic E-state index is 0.0103. The number of thioether (sulfide) groups is 1. The molecule has 152 valence electrons. The van der Waals surface area contributed by atoms with E-state index in [2.05, 4.69) is 0 Å². The molecule has 2 aromatic rings. The van der Waals surface area contributed by atoms with Crippen molar-refractivity contribution in [1.29, 1.82) is 0 Å². The number of halogens is 2. The fourth-order valence-electron chi connectivity index (χ4n) is 2.86. The Morgan fingerprint density at radius 3 is 2.21 bits per heavy atom. The number of rotatable bonds is 6. The number of amides is 2. The first-order valence-corrected chi connectivity index (χ1v) is 9.95. The molecule has 2 aromatic carbocycles. The van der Waals surface area contributed by atoms with Crippen LogP contribution in [0.2, 0.25) is 10.0 Å². The van der Waals surface area contributed by atoms with Crippen LogP contribution in [0.4, 0.5) is 4.79 Å². The molecule has 0 saturated carbocycles. The van der Waals surface area contributed by atoms with E-state index in [-0.39, 0.29) is 11.4 Å². The van der Waals surface area contributed by atoms with Crippen LogP contribution in [0.25, 0.3) is 6.08 Å². The molecule has 0 radical (unpaired) electrons. The van der Waals surface area contributed by atoms with Crippen molar-refractivity contribution in [2.24, 2.45) is 0 Å². The summed E-state index contributed by atoms with van der Waals surface area (Å²) in [7, 11) is 4.49. The van der Waals surface area contributed by atoms with Crippen LogP contribution in [-0.2, 0) is 11.3 Å². The summed E-state index contributed by atoms with van der Waals surface area (Å²) in [6.45, 7) is -0.0103. The Hall–Kier alpha value is -2.35. The van der Waals surface area contributed by atoms with Gasteiger partial charge in [0, 0.05) is 21.2 Å². The van der Waals surface area contributed by atoms with Crippen molar-refractivity contribution in [3.8, 4) is 17.2 Å². The van der Waals surface area contributed by atoms with E-state index in [9.17, 15) is 9.59 Å². The lowest BCUT2D eigenvalue weighted by atomic mass is 10.1. The van der Waals surface area contributed by atoms with Crippen molar-refractivity contribution < 1.29 is 23.8 Å². The van der Waals surface area contributed by atoms with E-state index in [0.717, 1.165) is 16.7 Å². The highest BCUT2D eigenvalue weighted by Crippen LogP contribution is 2.42. The Morgan fingerprint density at radius 1 is 0.966 bits per heavy atom. The highest BCUT2D eigenvalue weighted by molar-refractivity contribution is 8.18. The van der Waals surface area contributed by atoms with Gasteiger partial charge in [-0.2, -0.15) is 0 Å². The summed E-state index contributed by atoms with van der Waals surface area (Å²) < 4.78 is 16.1. The zero-order valence-corrected chi connectivity index (χ0v) is 18.2. The Labute approximate surface area is 182 Å². The Bertz CT molecular complexity index is 988. The van der Waals surface area contributed by atoms with Crippen molar-refractivity contribution in [2.45, 2.75) is 6.54 Å². The van der Waals surface area contributed by atoms with Crippen molar-refractivity contribution in [1.82, 2.24) is 4.90 Å². The maximum absolute atomic E-state index is 12.9. The zero-order valence-electron chi connectivity index (χ0n) is 15.8. The molecule has 9 heteroatoms. The zero-order chi connectivity index (χ0) is 21.1. The topological polar surface area (TPSA) is 65.1 Å². The summed E-state index contributed by atoms with van der Waals surface area (Å²) in [6, 6.07) is 8.43. The summed E-state index contributed by atoms with van der Waals surface area (Å²) in [5.74, 6) is 0.842. The minimum atomic E-state index is -0.437. The average molecular weight is 454 g/mol. The Morgan fingerprint density at radius 2 is 1.62 bits per heavy atom. The largest absolute Gasteiger partial charge is 0.493 e. The second-order valence-electron chi connectivity index (χ2n) is 5.89. The van der Waals surface area contributed by atoms with Gasteiger partial charge >= 0.3 is 0 Å². The van der Waals surface area contributed by atoms with Gasteiger partial charge in [-0.1, -0.05) is 29.3 Å². The molecule has 0 N–H and O–H groups in total. The first kappa shape index (κ1) is 21.4. The van der Waals surface area contributed by atoms with Crippen LogP contribution in [0.5, 0.6) is 17.2 Å². The molecule has 1 saturated heterocycles. The standard InChI is InChI=1S/C20H17Cl2NO5S/c1-26-15-8-7-11(17(27-2)18(15)28-3)9-16-19(24)23(20(25)29-16)10-12-13(21)5-4-6-14(12)22/h4-9H,10H2,1-3H3/b16-9-. The number of benzene rings is 2. The third kappa shape index (κ3) is 4.17. The van der Waals surface area contributed by atoms with Crippen molar-refractivity contribution in [2.75, 3.05) is 21.3 Å². The lowest BCUT2D eigenvalue weighted by Gasteiger charge is -2.15. The molecule has 6 nitrogen and oxygen atoms in total. The fourth-order valence-corrected chi connectivity index (χ4v) is 4.20. The number of hydrogen-bond acceptors (Lipinski definition) is 6. The molecular formula is C20H17Cl2NO5S. The minimum Gasteiger partial charge on any atom is -0.493 e. The van der Waals surface area contributed by atoms with Gasteiger partial charge in [-0.3, -0.25) is 14.5 Å². The van der Waals surface area contributed by atoms with E-state index >= 15 is 0 Å². The molecule has 1 aliphatic rings. The van der Waals surface area contributed by atoms with Crippen molar-refractivity contribution in [3.05, 3.63) is 56.4 Å². The molecule has 1 heterocycles. The van der Waals surface area contributed by atoms with Gasteiger partial charge in [0.15, 0.2) is 11.5 Å². The van der Waals surface area contributed by atoms with Crippen LogP contribution in [-0.4, -0.2) is 37.4 Å². The van der Waals surface area contributed by atoms with Crippen molar-refractivity contribution in [3.63, 3.8) is 0 Å². The SMILES string of the molecule is COc1ccc(/C=C2\SC(=O)N(Cc3c(Cl)cccc3Cl)C2=O)c(OC)c1OC. The normalized spacial score (nSPS) is 15.2. The van der Waals surface area contributed by atoms with Gasteiger partial charge < -0.3 is 14.2 Å². The monoisotopic (exact) mass is 453 g/mol. The molecule has 0 unspecified atom stereocenters. The third-order valence-corrected chi connectivity index (χ3v) is 5.89. The highest BCUT2D eigenvalue weighted by Gasteiger charge is 2.36. The van der Waals surface area contributed by atoms with Gasteiger partial charge in [-0.05, 0) is 42.1 Å². The van der Waals surface area contributed by atoms with Gasteiger partial charge in [0.05, 0.1) is 32.8 Å². The van der Waals surface area contributed by atoms with Crippen LogP contribution in [0.15, 0.2) is 35.2 Å². The van der Waals surface area contributed by atoms with E-state index in [1.165, 1.54) is 21.3 Å². The molecule has 1 aliphatic heterocycles. The summed E-state index contributed by atoms with van der Waals surface area (Å²) in [6.07, 6.45) is 1.58. The molecule has 0 spiro atoms.